The number of halogens is 2. The van der Waals surface area contributed by atoms with Crippen LogP contribution in [-0.4, -0.2) is 13.2 Å². The second-order valence-electron chi connectivity index (χ2n) is 4.90. The number of hydrogen-bond acceptors (Lipinski definition) is 3. The minimum atomic E-state index is -0.286. The van der Waals surface area contributed by atoms with Crippen molar-refractivity contribution in [2.24, 2.45) is 5.73 Å². The predicted octanol–water partition coefficient (Wildman–Crippen LogP) is 4.15. The van der Waals surface area contributed by atoms with Crippen molar-refractivity contribution in [2.75, 3.05) is 13.2 Å². The van der Waals surface area contributed by atoms with Crippen LogP contribution >= 0.6 is 34.2 Å². The summed E-state index contributed by atoms with van der Waals surface area (Å²) in [4.78, 5) is 0. The van der Waals surface area contributed by atoms with E-state index >= 15 is 0 Å². The Morgan fingerprint density at radius 3 is 2.33 bits per heavy atom. The lowest BCUT2D eigenvalue weighted by Gasteiger charge is -2.17. The van der Waals surface area contributed by atoms with Gasteiger partial charge in [0.15, 0.2) is 11.5 Å². The van der Waals surface area contributed by atoms with Gasteiger partial charge in [-0.3, -0.25) is 0 Å². The van der Waals surface area contributed by atoms with Gasteiger partial charge in [-0.1, -0.05) is 23.7 Å². The number of ether oxygens (including phenoxy) is 2. The van der Waals surface area contributed by atoms with Crippen LogP contribution in [0.15, 0.2) is 36.4 Å². The summed E-state index contributed by atoms with van der Waals surface area (Å²) in [6, 6.07) is 11.5. The molecule has 3 nitrogen and oxygen atoms in total. The third-order valence-electron chi connectivity index (χ3n) is 3.43. The Hall–Kier alpha value is -0.980. The summed E-state index contributed by atoms with van der Waals surface area (Å²) in [6.07, 6.45) is 0.866. The summed E-state index contributed by atoms with van der Waals surface area (Å²) in [5.74, 6) is 1.41. The van der Waals surface area contributed by atoms with Gasteiger partial charge in [-0.25, -0.2) is 0 Å². The first-order chi connectivity index (χ1) is 10.1. The molecule has 1 unspecified atom stereocenters. The largest absolute Gasteiger partial charge is 0.490 e. The van der Waals surface area contributed by atoms with Gasteiger partial charge in [-0.2, -0.15) is 0 Å². The second kappa shape index (κ2) is 6.42. The first-order valence-corrected chi connectivity index (χ1v) is 8.21. The first kappa shape index (κ1) is 14.9. The van der Waals surface area contributed by atoms with Gasteiger partial charge in [-0.05, 0) is 51.9 Å². The van der Waals surface area contributed by atoms with Crippen molar-refractivity contribution < 1.29 is 9.47 Å². The molecule has 0 fully saturated rings. The summed E-state index contributed by atoms with van der Waals surface area (Å²) in [5.41, 5.74) is 8.23. The lowest BCUT2D eigenvalue weighted by molar-refractivity contribution is 0.297. The van der Waals surface area contributed by atoms with E-state index in [9.17, 15) is 0 Å². The molecule has 1 heterocycles. The highest BCUT2D eigenvalue weighted by Crippen LogP contribution is 2.38. The zero-order chi connectivity index (χ0) is 14.8. The van der Waals surface area contributed by atoms with Gasteiger partial charge in [0.25, 0.3) is 0 Å². The Morgan fingerprint density at radius 1 is 1.05 bits per heavy atom. The van der Waals surface area contributed by atoms with Crippen LogP contribution in [0.2, 0.25) is 5.02 Å². The molecule has 0 aliphatic carbocycles. The fourth-order valence-corrected chi connectivity index (χ4v) is 2.92. The fourth-order valence-electron chi connectivity index (χ4n) is 2.29. The van der Waals surface area contributed by atoms with Crippen LogP contribution in [0.25, 0.3) is 0 Å². The van der Waals surface area contributed by atoms with Crippen LogP contribution in [0.4, 0.5) is 0 Å². The van der Waals surface area contributed by atoms with Crippen molar-refractivity contribution in [2.45, 2.75) is 12.5 Å². The van der Waals surface area contributed by atoms with Gasteiger partial charge in [0, 0.05) is 21.1 Å². The monoisotopic (exact) mass is 415 g/mol. The predicted molar refractivity (Wildman–Crippen MR) is 92.2 cm³/mol. The van der Waals surface area contributed by atoms with Gasteiger partial charge in [0.05, 0.1) is 19.3 Å². The molecule has 110 valence electrons. The van der Waals surface area contributed by atoms with Crippen molar-refractivity contribution >= 4 is 34.2 Å². The first-order valence-electron chi connectivity index (χ1n) is 6.75. The van der Waals surface area contributed by atoms with Crippen molar-refractivity contribution in [1.82, 2.24) is 0 Å². The molecule has 5 heteroatoms. The normalized spacial score (nSPS) is 15.4. The third kappa shape index (κ3) is 3.27. The fraction of sp³-hybridized carbons (Fsp3) is 0.250. The minimum absolute atomic E-state index is 0.286. The lowest BCUT2D eigenvalue weighted by atomic mass is 9.99. The molecular weight excluding hydrogens is 401 g/mol. The van der Waals surface area contributed by atoms with Gasteiger partial charge in [-0.15, -0.1) is 0 Å². The number of nitrogens with two attached hydrogens (primary N) is 1. The molecule has 1 aliphatic rings. The highest BCUT2D eigenvalue weighted by molar-refractivity contribution is 14.1. The molecule has 0 spiro atoms. The average Bonchev–Trinajstić information content (AvgIpc) is 2.71. The van der Waals surface area contributed by atoms with Crippen molar-refractivity contribution in [1.29, 1.82) is 0 Å². The summed E-state index contributed by atoms with van der Waals surface area (Å²) >= 11 is 8.64. The van der Waals surface area contributed by atoms with Crippen molar-refractivity contribution in [3.05, 3.63) is 56.1 Å². The van der Waals surface area contributed by atoms with Crippen LogP contribution in [0, 0.1) is 3.57 Å². The molecule has 2 aromatic rings. The van der Waals surface area contributed by atoms with E-state index < -0.39 is 0 Å². The van der Waals surface area contributed by atoms with Crippen molar-refractivity contribution in [3.8, 4) is 11.5 Å². The molecule has 0 saturated carbocycles. The summed E-state index contributed by atoms with van der Waals surface area (Å²) in [7, 11) is 0. The van der Waals surface area contributed by atoms with Gasteiger partial charge < -0.3 is 15.2 Å². The molecule has 0 aromatic heterocycles. The Bertz CT molecular complexity index is 645. The third-order valence-corrected chi connectivity index (χ3v) is 4.48. The van der Waals surface area contributed by atoms with Gasteiger partial charge in [0.1, 0.15) is 0 Å². The zero-order valence-electron chi connectivity index (χ0n) is 11.3. The summed E-state index contributed by atoms with van der Waals surface area (Å²) in [6.45, 7) is 1.29. The molecule has 1 atom stereocenters. The smallest absolute Gasteiger partial charge is 0.162 e. The van der Waals surface area contributed by atoms with E-state index in [0.29, 0.717) is 29.7 Å². The molecule has 0 saturated heterocycles. The lowest BCUT2D eigenvalue weighted by Crippen LogP contribution is -2.12. The Balaban J connectivity index is 1.97. The Kier molecular flexibility index (Phi) is 4.57. The zero-order valence-corrected chi connectivity index (χ0v) is 14.2. The molecule has 1 aliphatic heterocycles. The SMILES string of the molecule is NC(c1ccc(I)cc1)c1cc2c(cc1Cl)OCCCO2. The van der Waals surface area contributed by atoms with E-state index in [0.717, 1.165) is 17.5 Å². The molecule has 0 bridgehead atoms. The molecule has 0 amide bonds. The van der Waals surface area contributed by atoms with E-state index in [4.69, 9.17) is 26.8 Å². The number of hydrogen-bond donors (Lipinski definition) is 1. The van der Waals surface area contributed by atoms with Crippen LogP contribution < -0.4 is 15.2 Å². The van der Waals surface area contributed by atoms with Crippen LogP contribution in [0.5, 0.6) is 11.5 Å². The number of rotatable bonds is 2. The maximum Gasteiger partial charge on any atom is 0.162 e. The summed E-state index contributed by atoms with van der Waals surface area (Å²) in [5, 5.41) is 0.602. The number of fused-ring (bicyclic) bond motifs is 1. The molecular formula is C16H15ClINO2. The second-order valence-corrected chi connectivity index (χ2v) is 6.55. The Morgan fingerprint density at radius 2 is 1.67 bits per heavy atom. The van der Waals surface area contributed by atoms with Crippen molar-refractivity contribution in [3.63, 3.8) is 0 Å². The maximum atomic E-state index is 6.37. The topological polar surface area (TPSA) is 44.5 Å². The van der Waals surface area contributed by atoms with E-state index in [1.807, 2.05) is 30.3 Å². The minimum Gasteiger partial charge on any atom is -0.490 e. The van der Waals surface area contributed by atoms with Crippen LogP contribution in [-0.2, 0) is 0 Å². The number of benzene rings is 2. The molecule has 0 radical (unpaired) electrons. The maximum absolute atomic E-state index is 6.37. The Labute approximate surface area is 142 Å². The van der Waals surface area contributed by atoms with Crippen LogP contribution in [0.3, 0.4) is 0 Å². The van der Waals surface area contributed by atoms with E-state index in [-0.39, 0.29) is 6.04 Å². The van der Waals surface area contributed by atoms with Crippen LogP contribution in [0.1, 0.15) is 23.6 Å². The average molecular weight is 416 g/mol. The van der Waals surface area contributed by atoms with E-state index in [1.165, 1.54) is 3.57 Å². The van der Waals surface area contributed by atoms with Gasteiger partial charge in [0.2, 0.25) is 0 Å². The van der Waals surface area contributed by atoms with E-state index in [1.54, 1.807) is 6.07 Å². The van der Waals surface area contributed by atoms with Gasteiger partial charge >= 0.3 is 0 Å². The molecule has 2 N–H and O–H groups in total. The quantitative estimate of drug-likeness (QED) is 0.749. The highest BCUT2D eigenvalue weighted by Gasteiger charge is 2.18. The molecule has 21 heavy (non-hydrogen) atoms. The van der Waals surface area contributed by atoms with E-state index in [2.05, 4.69) is 22.6 Å². The summed E-state index contributed by atoms with van der Waals surface area (Å²) < 4.78 is 12.5. The standard InChI is InChI=1S/C16H15ClINO2/c17-13-9-15-14(20-6-1-7-21-15)8-12(13)16(19)10-2-4-11(18)5-3-10/h2-5,8-9,16H,1,6-7,19H2. The molecule has 2 aromatic carbocycles. The highest BCUT2D eigenvalue weighted by atomic mass is 127. The molecule has 3 rings (SSSR count).